The van der Waals surface area contributed by atoms with Crippen LogP contribution in [0.3, 0.4) is 0 Å². The summed E-state index contributed by atoms with van der Waals surface area (Å²) in [6.45, 7) is 4.98. The molecular weight excluding hydrogens is 315 g/mol. The molecular formula is C16H19FN4OS. The zero-order valence-corrected chi connectivity index (χ0v) is 13.7. The first-order valence-electron chi connectivity index (χ1n) is 7.50. The van der Waals surface area contributed by atoms with E-state index < -0.39 is 11.9 Å². The van der Waals surface area contributed by atoms with Crippen molar-refractivity contribution in [3.05, 3.63) is 46.7 Å². The molecule has 2 heterocycles. The molecule has 0 unspecified atom stereocenters. The summed E-state index contributed by atoms with van der Waals surface area (Å²) in [6.07, 6.45) is 0. The number of halogens is 1. The van der Waals surface area contributed by atoms with Gasteiger partial charge in [0.25, 0.3) is 0 Å². The highest BCUT2D eigenvalue weighted by molar-refractivity contribution is 7.13. The van der Waals surface area contributed by atoms with Crippen molar-refractivity contribution in [1.29, 1.82) is 0 Å². The fourth-order valence-electron chi connectivity index (χ4n) is 2.86. The van der Waals surface area contributed by atoms with Crippen LogP contribution in [0.5, 0.6) is 0 Å². The number of aromatic nitrogens is 1. The van der Waals surface area contributed by atoms with Crippen LogP contribution in [0.1, 0.15) is 17.3 Å². The number of thiazole rings is 1. The normalized spacial score (nSPS) is 17.2. The van der Waals surface area contributed by atoms with E-state index in [9.17, 15) is 9.18 Å². The Bertz CT molecular complexity index is 680. The molecule has 122 valence electrons. The second-order valence-corrected chi connectivity index (χ2v) is 6.49. The van der Waals surface area contributed by atoms with Crippen LogP contribution in [0, 0.1) is 12.7 Å². The van der Waals surface area contributed by atoms with Gasteiger partial charge in [0.1, 0.15) is 11.9 Å². The van der Waals surface area contributed by atoms with Crippen molar-refractivity contribution in [1.82, 2.24) is 9.88 Å². The van der Waals surface area contributed by atoms with Gasteiger partial charge in [-0.3, -0.25) is 9.69 Å². The summed E-state index contributed by atoms with van der Waals surface area (Å²) in [5.41, 5.74) is 7.34. The number of rotatable bonds is 4. The minimum Gasteiger partial charge on any atom is -0.368 e. The molecule has 23 heavy (non-hydrogen) atoms. The van der Waals surface area contributed by atoms with Crippen molar-refractivity contribution in [2.75, 3.05) is 31.1 Å². The fraction of sp³-hybridized carbons (Fsp3) is 0.375. The summed E-state index contributed by atoms with van der Waals surface area (Å²) >= 11 is 1.63. The molecule has 1 aromatic carbocycles. The molecule has 1 aliphatic heterocycles. The van der Waals surface area contributed by atoms with Gasteiger partial charge in [-0.2, -0.15) is 0 Å². The Labute approximate surface area is 138 Å². The van der Waals surface area contributed by atoms with E-state index in [1.54, 1.807) is 23.5 Å². The minimum atomic E-state index is -0.518. The second-order valence-electron chi connectivity index (χ2n) is 5.65. The molecule has 7 heteroatoms. The van der Waals surface area contributed by atoms with E-state index >= 15 is 0 Å². The second kappa shape index (κ2) is 6.64. The molecule has 2 aromatic rings. The number of carbonyl (C=O) groups is 1. The van der Waals surface area contributed by atoms with E-state index in [2.05, 4.69) is 9.88 Å². The van der Waals surface area contributed by atoms with Crippen LogP contribution >= 0.6 is 11.3 Å². The maximum absolute atomic E-state index is 13.1. The largest absolute Gasteiger partial charge is 0.368 e. The summed E-state index contributed by atoms with van der Waals surface area (Å²) in [5.74, 6) is -0.726. The molecule has 0 saturated carbocycles. The molecule has 1 atom stereocenters. The average molecular weight is 334 g/mol. The lowest BCUT2D eigenvalue weighted by Crippen LogP contribution is -2.50. The van der Waals surface area contributed by atoms with E-state index in [1.807, 2.05) is 17.2 Å². The molecule has 1 aromatic heterocycles. The molecule has 0 radical (unpaired) electrons. The highest BCUT2D eigenvalue weighted by Gasteiger charge is 2.29. The molecule has 0 aliphatic carbocycles. The third kappa shape index (κ3) is 3.51. The Morgan fingerprint density at radius 3 is 2.43 bits per heavy atom. The molecule has 3 rings (SSSR count). The van der Waals surface area contributed by atoms with Gasteiger partial charge in [-0.25, -0.2) is 9.37 Å². The summed E-state index contributed by atoms with van der Waals surface area (Å²) < 4.78 is 13.1. The van der Waals surface area contributed by atoms with Crippen molar-refractivity contribution < 1.29 is 9.18 Å². The first kappa shape index (κ1) is 15.9. The number of carbonyl (C=O) groups excluding carboxylic acids is 1. The molecule has 1 fully saturated rings. The third-order valence-electron chi connectivity index (χ3n) is 4.01. The topological polar surface area (TPSA) is 62.5 Å². The smallest absolute Gasteiger partial charge is 0.239 e. The van der Waals surface area contributed by atoms with Gasteiger partial charge in [0.2, 0.25) is 5.91 Å². The van der Waals surface area contributed by atoms with Crippen LogP contribution in [-0.2, 0) is 4.79 Å². The highest BCUT2D eigenvalue weighted by atomic mass is 32.1. The van der Waals surface area contributed by atoms with Crippen molar-refractivity contribution in [3.8, 4) is 0 Å². The van der Waals surface area contributed by atoms with E-state index in [0.29, 0.717) is 13.1 Å². The lowest BCUT2D eigenvalue weighted by molar-refractivity contribution is -0.123. The first-order chi connectivity index (χ1) is 11.0. The van der Waals surface area contributed by atoms with Crippen LogP contribution in [0.25, 0.3) is 0 Å². The Morgan fingerprint density at radius 2 is 1.91 bits per heavy atom. The summed E-state index contributed by atoms with van der Waals surface area (Å²) in [4.78, 5) is 20.7. The number of piperazine rings is 1. The zero-order valence-electron chi connectivity index (χ0n) is 12.9. The van der Waals surface area contributed by atoms with Gasteiger partial charge in [0.15, 0.2) is 5.13 Å². The van der Waals surface area contributed by atoms with Crippen LogP contribution in [0.4, 0.5) is 9.52 Å². The number of aryl methyl sites for hydroxylation is 1. The SMILES string of the molecule is Cc1csc(N2CCN([C@@H](C(N)=O)c3ccc(F)cc3)CC2)n1. The summed E-state index contributed by atoms with van der Waals surface area (Å²) in [6, 6.07) is 5.46. The Hall–Kier alpha value is -1.99. The highest BCUT2D eigenvalue weighted by Crippen LogP contribution is 2.26. The lowest BCUT2D eigenvalue weighted by Gasteiger charge is -2.38. The molecule has 0 bridgehead atoms. The van der Waals surface area contributed by atoms with Crippen LogP contribution in [-0.4, -0.2) is 42.0 Å². The number of nitrogens with zero attached hydrogens (tertiary/aromatic N) is 3. The zero-order chi connectivity index (χ0) is 16.4. The maximum atomic E-state index is 13.1. The molecule has 1 aliphatic rings. The number of hydrogen-bond donors (Lipinski definition) is 1. The molecule has 2 N–H and O–H groups in total. The fourth-order valence-corrected chi connectivity index (χ4v) is 3.72. The predicted molar refractivity (Wildman–Crippen MR) is 89.0 cm³/mol. The van der Waals surface area contributed by atoms with Crippen molar-refractivity contribution in [2.45, 2.75) is 13.0 Å². The lowest BCUT2D eigenvalue weighted by atomic mass is 10.0. The number of primary amides is 1. The average Bonchev–Trinajstić information content (AvgIpc) is 2.96. The molecule has 5 nitrogen and oxygen atoms in total. The summed E-state index contributed by atoms with van der Waals surface area (Å²) in [5, 5.41) is 3.05. The number of benzene rings is 1. The molecule has 1 saturated heterocycles. The van der Waals surface area contributed by atoms with E-state index in [-0.39, 0.29) is 5.82 Å². The van der Waals surface area contributed by atoms with Gasteiger partial charge in [0.05, 0.1) is 5.69 Å². The van der Waals surface area contributed by atoms with Gasteiger partial charge >= 0.3 is 0 Å². The monoisotopic (exact) mass is 334 g/mol. The molecule has 0 spiro atoms. The van der Waals surface area contributed by atoms with Crippen LogP contribution in [0.15, 0.2) is 29.6 Å². The molecule has 1 amide bonds. The van der Waals surface area contributed by atoms with E-state index in [4.69, 9.17) is 5.73 Å². The van der Waals surface area contributed by atoms with Crippen LogP contribution in [0.2, 0.25) is 0 Å². The van der Waals surface area contributed by atoms with Gasteiger partial charge in [-0.1, -0.05) is 12.1 Å². The number of hydrogen-bond acceptors (Lipinski definition) is 5. The van der Waals surface area contributed by atoms with Crippen molar-refractivity contribution in [2.24, 2.45) is 5.73 Å². The maximum Gasteiger partial charge on any atom is 0.239 e. The van der Waals surface area contributed by atoms with Gasteiger partial charge in [-0.15, -0.1) is 11.3 Å². The Morgan fingerprint density at radius 1 is 1.26 bits per heavy atom. The first-order valence-corrected chi connectivity index (χ1v) is 8.38. The quantitative estimate of drug-likeness (QED) is 0.928. The van der Waals surface area contributed by atoms with Gasteiger partial charge in [-0.05, 0) is 24.6 Å². The van der Waals surface area contributed by atoms with Gasteiger partial charge < -0.3 is 10.6 Å². The van der Waals surface area contributed by atoms with Crippen molar-refractivity contribution in [3.63, 3.8) is 0 Å². The number of nitrogens with two attached hydrogens (primary N) is 1. The minimum absolute atomic E-state index is 0.319. The van der Waals surface area contributed by atoms with E-state index in [1.165, 1.54) is 12.1 Å². The Balaban J connectivity index is 1.71. The summed E-state index contributed by atoms with van der Waals surface area (Å²) in [7, 11) is 0. The number of anilines is 1. The van der Waals surface area contributed by atoms with E-state index in [0.717, 1.165) is 29.5 Å². The standard InChI is InChI=1S/C16H19FN4OS/c1-11-10-23-16(19-11)21-8-6-20(7-9-21)14(15(18)22)12-2-4-13(17)5-3-12/h2-5,10,14H,6-9H2,1H3,(H2,18,22)/t14-/m1/s1. The van der Waals surface area contributed by atoms with Crippen LogP contribution < -0.4 is 10.6 Å². The van der Waals surface area contributed by atoms with Gasteiger partial charge in [0, 0.05) is 31.6 Å². The Kier molecular flexibility index (Phi) is 4.58. The van der Waals surface area contributed by atoms with Crippen molar-refractivity contribution >= 4 is 22.4 Å². The number of amides is 1. The third-order valence-corrected chi connectivity index (χ3v) is 5.03. The predicted octanol–water partition coefficient (Wildman–Crippen LogP) is 1.94.